The second-order valence-electron chi connectivity index (χ2n) is 10.3. The summed E-state index contributed by atoms with van der Waals surface area (Å²) in [6.45, 7) is 1.16. The van der Waals surface area contributed by atoms with E-state index in [0.29, 0.717) is 12.1 Å². The minimum atomic E-state index is 0.458. The molecule has 1 saturated carbocycles. The highest BCUT2D eigenvalue weighted by Gasteiger charge is 2.21. The summed E-state index contributed by atoms with van der Waals surface area (Å²) in [6.07, 6.45) is 14.1. The van der Waals surface area contributed by atoms with Gasteiger partial charge in [0.25, 0.3) is 0 Å². The molecule has 1 aromatic heterocycles. The normalized spacial score (nSPS) is 18.0. The van der Waals surface area contributed by atoms with Gasteiger partial charge in [0, 0.05) is 31.6 Å². The van der Waals surface area contributed by atoms with Crippen molar-refractivity contribution in [2.24, 2.45) is 0 Å². The Hall–Kier alpha value is -2.66. The summed E-state index contributed by atoms with van der Waals surface area (Å²) in [7, 11) is 4.09. The molecular formula is C30H43N5. The molecule has 1 fully saturated rings. The fourth-order valence-electron chi connectivity index (χ4n) is 5.20. The molecule has 4 rings (SSSR count). The van der Waals surface area contributed by atoms with Gasteiger partial charge in [-0.15, -0.1) is 0 Å². The van der Waals surface area contributed by atoms with Crippen molar-refractivity contribution < 1.29 is 0 Å². The van der Waals surface area contributed by atoms with Gasteiger partial charge in [-0.25, -0.2) is 4.98 Å². The number of benzene rings is 2. The van der Waals surface area contributed by atoms with E-state index >= 15 is 0 Å². The first-order valence-corrected chi connectivity index (χ1v) is 13.7. The van der Waals surface area contributed by atoms with Crippen molar-refractivity contribution in [3.63, 3.8) is 0 Å². The van der Waals surface area contributed by atoms with E-state index in [4.69, 9.17) is 9.97 Å². The highest BCUT2D eigenvalue weighted by atomic mass is 15.2. The van der Waals surface area contributed by atoms with Crippen LogP contribution in [0.3, 0.4) is 0 Å². The lowest BCUT2D eigenvalue weighted by molar-refractivity contribution is 0.350. The molecule has 1 aliphatic carbocycles. The molecule has 2 N–H and O–H groups in total. The van der Waals surface area contributed by atoms with Crippen LogP contribution in [0.5, 0.6) is 0 Å². The molecule has 0 bridgehead atoms. The van der Waals surface area contributed by atoms with E-state index in [2.05, 4.69) is 58.0 Å². The monoisotopic (exact) mass is 473 g/mol. The number of aryl methyl sites for hydroxylation is 1. The van der Waals surface area contributed by atoms with Crippen LogP contribution in [-0.4, -0.2) is 42.7 Å². The third-order valence-corrected chi connectivity index (χ3v) is 7.24. The summed E-state index contributed by atoms with van der Waals surface area (Å²) in [5.74, 6) is 1.73. The standard InChI is InChI=1S/C30H43N5/c1-35(2)29-27-17-11-12-18-28(27)33-30(34-29)32-26-21-19-25(20-22-26)31-23-13-6-4-3-5-8-14-24-15-9-7-10-16-24/h7,9-12,15-18,25-26,31H,3-6,8,13-14,19-23H2,1-2H3,(H,32,33,34). The SMILES string of the molecule is CN(C)c1nc(NC2CCC(NCCCCCCCCc3ccccc3)CC2)nc2ccccc12. The second kappa shape index (κ2) is 13.4. The zero-order chi connectivity index (χ0) is 24.3. The Morgan fingerprint density at radius 1 is 0.743 bits per heavy atom. The number of hydrogen-bond acceptors (Lipinski definition) is 5. The van der Waals surface area contributed by atoms with E-state index in [1.54, 1.807) is 0 Å². The minimum Gasteiger partial charge on any atom is -0.362 e. The van der Waals surface area contributed by atoms with Crippen LogP contribution in [0.4, 0.5) is 11.8 Å². The predicted molar refractivity (Wildman–Crippen MR) is 149 cm³/mol. The largest absolute Gasteiger partial charge is 0.362 e. The van der Waals surface area contributed by atoms with Crippen molar-refractivity contribution in [2.75, 3.05) is 30.9 Å². The van der Waals surface area contributed by atoms with Crippen LogP contribution in [0.15, 0.2) is 54.6 Å². The smallest absolute Gasteiger partial charge is 0.225 e. The number of nitrogens with zero attached hydrogens (tertiary/aromatic N) is 3. The third kappa shape index (κ3) is 7.93. The van der Waals surface area contributed by atoms with Gasteiger partial charge in [-0.1, -0.05) is 68.1 Å². The first kappa shape index (κ1) is 25.4. The number of anilines is 2. The van der Waals surface area contributed by atoms with Crippen molar-refractivity contribution in [2.45, 2.75) is 82.7 Å². The Bertz CT molecular complexity index is 1010. The quantitative estimate of drug-likeness (QED) is 0.274. The van der Waals surface area contributed by atoms with Crippen LogP contribution in [0.2, 0.25) is 0 Å². The lowest BCUT2D eigenvalue weighted by atomic mass is 9.91. The molecular weight excluding hydrogens is 430 g/mol. The molecule has 0 radical (unpaired) electrons. The third-order valence-electron chi connectivity index (χ3n) is 7.24. The topological polar surface area (TPSA) is 53.1 Å². The van der Waals surface area contributed by atoms with E-state index in [0.717, 1.165) is 29.2 Å². The van der Waals surface area contributed by atoms with Crippen molar-refractivity contribution in [1.82, 2.24) is 15.3 Å². The lowest BCUT2D eigenvalue weighted by Gasteiger charge is -2.30. The average molecular weight is 474 g/mol. The number of aromatic nitrogens is 2. The molecule has 35 heavy (non-hydrogen) atoms. The van der Waals surface area contributed by atoms with Crippen LogP contribution in [0.25, 0.3) is 10.9 Å². The van der Waals surface area contributed by atoms with Crippen molar-refractivity contribution >= 4 is 22.7 Å². The summed E-state index contributed by atoms with van der Waals surface area (Å²) in [4.78, 5) is 11.7. The molecule has 1 aliphatic rings. The number of fused-ring (bicyclic) bond motifs is 1. The maximum absolute atomic E-state index is 4.81. The molecule has 3 aromatic rings. The number of nitrogens with one attached hydrogen (secondary N) is 2. The Labute approximate surface area is 211 Å². The van der Waals surface area contributed by atoms with Crippen LogP contribution < -0.4 is 15.5 Å². The summed E-state index contributed by atoms with van der Waals surface area (Å²) in [5, 5.41) is 8.54. The van der Waals surface area contributed by atoms with Crippen molar-refractivity contribution in [3.8, 4) is 0 Å². The van der Waals surface area contributed by atoms with Gasteiger partial charge >= 0.3 is 0 Å². The Kier molecular flexibility index (Phi) is 9.76. The highest BCUT2D eigenvalue weighted by molar-refractivity contribution is 5.90. The summed E-state index contributed by atoms with van der Waals surface area (Å²) >= 11 is 0. The van der Waals surface area contributed by atoms with Gasteiger partial charge in [-0.2, -0.15) is 4.98 Å². The maximum Gasteiger partial charge on any atom is 0.225 e. The number of para-hydroxylation sites is 1. The van der Waals surface area contributed by atoms with Gasteiger partial charge < -0.3 is 15.5 Å². The van der Waals surface area contributed by atoms with Crippen molar-refractivity contribution in [3.05, 3.63) is 60.2 Å². The van der Waals surface area contributed by atoms with E-state index in [-0.39, 0.29) is 0 Å². The van der Waals surface area contributed by atoms with Crippen LogP contribution in [-0.2, 0) is 6.42 Å². The molecule has 0 aliphatic heterocycles. The molecule has 0 unspecified atom stereocenters. The zero-order valence-corrected chi connectivity index (χ0v) is 21.7. The summed E-state index contributed by atoms with van der Waals surface area (Å²) in [6, 6.07) is 20.3. The lowest BCUT2D eigenvalue weighted by Crippen LogP contribution is -2.37. The van der Waals surface area contributed by atoms with Gasteiger partial charge in [0.2, 0.25) is 5.95 Å². The predicted octanol–water partition coefficient (Wildman–Crippen LogP) is 6.59. The Morgan fingerprint density at radius 2 is 1.40 bits per heavy atom. The average Bonchev–Trinajstić information content (AvgIpc) is 2.88. The fourth-order valence-corrected chi connectivity index (χ4v) is 5.20. The Morgan fingerprint density at radius 3 is 2.17 bits per heavy atom. The maximum atomic E-state index is 4.81. The molecule has 0 amide bonds. The molecule has 0 atom stereocenters. The number of unbranched alkanes of at least 4 members (excludes halogenated alkanes) is 5. The molecule has 0 spiro atoms. The van der Waals surface area contributed by atoms with Crippen LogP contribution in [0, 0.1) is 0 Å². The van der Waals surface area contributed by atoms with Gasteiger partial charge in [-0.05, 0) is 69.2 Å². The van der Waals surface area contributed by atoms with Gasteiger partial charge in [-0.3, -0.25) is 0 Å². The van der Waals surface area contributed by atoms with E-state index < -0.39 is 0 Å². The van der Waals surface area contributed by atoms with E-state index in [9.17, 15) is 0 Å². The Balaban J connectivity index is 1.08. The fraction of sp³-hybridized carbons (Fsp3) is 0.533. The molecule has 1 heterocycles. The molecule has 5 heteroatoms. The summed E-state index contributed by atoms with van der Waals surface area (Å²) in [5.41, 5.74) is 2.48. The summed E-state index contributed by atoms with van der Waals surface area (Å²) < 4.78 is 0. The van der Waals surface area contributed by atoms with Crippen molar-refractivity contribution in [1.29, 1.82) is 0 Å². The first-order chi connectivity index (χ1) is 17.2. The number of rotatable bonds is 13. The minimum absolute atomic E-state index is 0.458. The molecule has 0 saturated heterocycles. The molecule has 188 valence electrons. The zero-order valence-electron chi connectivity index (χ0n) is 21.7. The second-order valence-corrected chi connectivity index (χ2v) is 10.3. The first-order valence-electron chi connectivity index (χ1n) is 13.7. The van der Waals surface area contributed by atoms with Gasteiger partial charge in [0.15, 0.2) is 0 Å². The van der Waals surface area contributed by atoms with E-state index in [1.807, 2.05) is 26.2 Å². The van der Waals surface area contributed by atoms with Gasteiger partial charge in [0.1, 0.15) is 5.82 Å². The molecule has 2 aromatic carbocycles. The van der Waals surface area contributed by atoms with E-state index in [1.165, 1.54) is 76.2 Å². The highest BCUT2D eigenvalue weighted by Crippen LogP contribution is 2.26. The van der Waals surface area contributed by atoms with Crippen LogP contribution >= 0.6 is 0 Å². The van der Waals surface area contributed by atoms with Crippen LogP contribution in [0.1, 0.15) is 69.8 Å². The van der Waals surface area contributed by atoms with Gasteiger partial charge in [0.05, 0.1) is 5.52 Å². The number of hydrogen-bond donors (Lipinski definition) is 2. The molecule has 5 nitrogen and oxygen atoms in total.